The molecule has 0 spiro atoms. The Hall–Kier alpha value is -1.24. The molecule has 116 valence electrons. The summed E-state index contributed by atoms with van der Waals surface area (Å²) < 4.78 is 40.4. The van der Waals surface area contributed by atoms with Crippen molar-refractivity contribution in [1.29, 1.82) is 0 Å². The third-order valence-corrected chi connectivity index (χ3v) is 5.49. The van der Waals surface area contributed by atoms with Crippen LogP contribution in [0.25, 0.3) is 0 Å². The summed E-state index contributed by atoms with van der Waals surface area (Å²) in [6, 6.07) is 4.31. The summed E-state index contributed by atoms with van der Waals surface area (Å²) in [5.41, 5.74) is 1.91. The maximum Gasteiger partial charge on any atom is 0.246 e. The molecule has 4 nitrogen and oxygen atoms in total. The lowest BCUT2D eigenvalue weighted by Gasteiger charge is -2.25. The number of sulfonamides is 1. The molecule has 1 heterocycles. The van der Waals surface area contributed by atoms with Crippen LogP contribution in [0, 0.1) is 5.82 Å². The van der Waals surface area contributed by atoms with E-state index in [0.717, 1.165) is 12.1 Å². The van der Waals surface area contributed by atoms with E-state index in [2.05, 4.69) is 5.32 Å². The highest BCUT2D eigenvalue weighted by atomic mass is 32.2. The number of nitrogens with one attached hydrogen (secondary N) is 1. The van der Waals surface area contributed by atoms with E-state index in [1.54, 1.807) is 6.07 Å². The van der Waals surface area contributed by atoms with E-state index >= 15 is 0 Å². The number of hydrogen-bond acceptors (Lipinski definition) is 3. The molecule has 2 rings (SSSR count). The van der Waals surface area contributed by atoms with E-state index in [9.17, 15) is 12.8 Å². The van der Waals surface area contributed by atoms with E-state index in [1.165, 1.54) is 22.0 Å². The molecule has 0 saturated carbocycles. The monoisotopic (exact) mass is 312 g/mol. The predicted octanol–water partition coefficient (Wildman–Crippen LogP) is 2.28. The minimum Gasteiger partial charge on any atom is -0.313 e. The molecule has 1 aromatic rings. The van der Waals surface area contributed by atoms with Gasteiger partial charge in [0.15, 0.2) is 0 Å². The van der Waals surface area contributed by atoms with Gasteiger partial charge >= 0.3 is 0 Å². The fraction of sp³-hybridized carbons (Fsp3) is 0.467. The average molecular weight is 312 g/mol. The average Bonchev–Trinajstić information content (AvgIpc) is 2.45. The molecule has 0 radical (unpaired) electrons. The SMILES string of the molecule is CCNCc1ccc(S(=O)(=O)N2CC=C(C)CC2)c(F)c1. The van der Waals surface area contributed by atoms with Gasteiger partial charge < -0.3 is 5.32 Å². The summed E-state index contributed by atoms with van der Waals surface area (Å²) in [6.07, 6.45) is 2.57. The van der Waals surface area contributed by atoms with E-state index in [-0.39, 0.29) is 4.90 Å². The van der Waals surface area contributed by atoms with Crippen LogP contribution in [0.2, 0.25) is 0 Å². The molecule has 0 fully saturated rings. The molecule has 0 unspecified atom stereocenters. The standard InChI is InChI=1S/C15H21FN2O2S/c1-3-17-11-13-4-5-15(14(16)10-13)21(19,20)18-8-6-12(2)7-9-18/h4-6,10,17H,3,7-9,11H2,1-2H3. The Morgan fingerprint density at radius 1 is 1.38 bits per heavy atom. The Labute approximate surface area is 125 Å². The van der Waals surface area contributed by atoms with E-state index < -0.39 is 15.8 Å². The van der Waals surface area contributed by atoms with Crippen LogP contribution in [0.1, 0.15) is 25.8 Å². The van der Waals surface area contributed by atoms with Crippen molar-refractivity contribution in [3.05, 3.63) is 41.2 Å². The zero-order valence-corrected chi connectivity index (χ0v) is 13.2. The Kier molecular flexibility index (Phi) is 5.13. The molecule has 0 amide bonds. The molecule has 6 heteroatoms. The van der Waals surface area contributed by atoms with Gasteiger partial charge in [-0.25, -0.2) is 12.8 Å². The zero-order valence-electron chi connectivity index (χ0n) is 12.4. The first-order valence-electron chi connectivity index (χ1n) is 7.10. The van der Waals surface area contributed by atoms with Crippen LogP contribution in [-0.2, 0) is 16.6 Å². The fourth-order valence-electron chi connectivity index (χ4n) is 2.24. The van der Waals surface area contributed by atoms with Gasteiger partial charge in [-0.2, -0.15) is 4.31 Å². The second-order valence-corrected chi connectivity index (χ2v) is 7.11. The highest BCUT2D eigenvalue weighted by Gasteiger charge is 2.28. The van der Waals surface area contributed by atoms with E-state index in [0.29, 0.717) is 26.1 Å². The van der Waals surface area contributed by atoms with Crippen molar-refractivity contribution in [2.24, 2.45) is 0 Å². The topological polar surface area (TPSA) is 49.4 Å². The van der Waals surface area contributed by atoms with Crippen molar-refractivity contribution in [2.45, 2.75) is 31.7 Å². The summed E-state index contributed by atoms with van der Waals surface area (Å²) in [6.45, 7) is 5.96. The van der Waals surface area contributed by atoms with Crippen LogP contribution < -0.4 is 5.32 Å². The lowest BCUT2D eigenvalue weighted by atomic mass is 10.1. The Morgan fingerprint density at radius 3 is 2.71 bits per heavy atom. The molecule has 1 aliphatic rings. The van der Waals surface area contributed by atoms with Gasteiger partial charge in [-0.05, 0) is 37.6 Å². The van der Waals surface area contributed by atoms with Crippen molar-refractivity contribution >= 4 is 10.0 Å². The highest BCUT2D eigenvalue weighted by molar-refractivity contribution is 7.89. The summed E-state index contributed by atoms with van der Waals surface area (Å²) in [4.78, 5) is -0.240. The second-order valence-electron chi connectivity index (χ2n) is 5.21. The number of benzene rings is 1. The smallest absolute Gasteiger partial charge is 0.246 e. The summed E-state index contributed by atoms with van der Waals surface area (Å²) in [5.74, 6) is -0.684. The third kappa shape index (κ3) is 3.70. The molecule has 1 N–H and O–H groups in total. The normalized spacial score (nSPS) is 16.8. The first kappa shape index (κ1) is 16.1. The lowest BCUT2D eigenvalue weighted by Crippen LogP contribution is -2.35. The molecule has 0 atom stereocenters. The van der Waals surface area contributed by atoms with Crippen LogP contribution in [-0.4, -0.2) is 32.4 Å². The van der Waals surface area contributed by atoms with Gasteiger partial charge in [0.1, 0.15) is 10.7 Å². The molecule has 0 saturated heterocycles. The van der Waals surface area contributed by atoms with Crippen molar-refractivity contribution in [3.63, 3.8) is 0 Å². The van der Waals surface area contributed by atoms with Crippen molar-refractivity contribution < 1.29 is 12.8 Å². The van der Waals surface area contributed by atoms with Crippen molar-refractivity contribution in [3.8, 4) is 0 Å². The molecule has 0 aliphatic carbocycles. The first-order valence-corrected chi connectivity index (χ1v) is 8.54. The van der Waals surface area contributed by atoms with Gasteiger partial charge in [0, 0.05) is 19.6 Å². The molecule has 0 aromatic heterocycles. The minimum atomic E-state index is -3.76. The maximum absolute atomic E-state index is 14.2. The summed E-state index contributed by atoms with van der Waals surface area (Å²) in [7, 11) is -3.76. The first-order chi connectivity index (χ1) is 9.95. The Bertz CT molecular complexity index is 641. The van der Waals surface area contributed by atoms with Gasteiger partial charge in [0.2, 0.25) is 10.0 Å². The lowest BCUT2D eigenvalue weighted by molar-refractivity contribution is 0.427. The summed E-state index contributed by atoms with van der Waals surface area (Å²) >= 11 is 0. The largest absolute Gasteiger partial charge is 0.313 e. The molecule has 21 heavy (non-hydrogen) atoms. The maximum atomic E-state index is 14.2. The Morgan fingerprint density at radius 2 is 2.14 bits per heavy atom. The van der Waals surface area contributed by atoms with Crippen molar-refractivity contribution in [1.82, 2.24) is 9.62 Å². The predicted molar refractivity (Wildman–Crippen MR) is 80.9 cm³/mol. The number of nitrogens with zero attached hydrogens (tertiary/aromatic N) is 1. The molecule has 1 aromatic carbocycles. The number of halogens is 1. The fourth-order valence-corrected chi connectivity index (χ4v) is 3.67. The van der Waals surface area contributed by atoms with Crippen LogP contribution in [0.15, 0.2) is 34.7 Å². The quantitative estimate of drug-likeness (QED) is 0.849. The molecule has 0 bridgehead atoms. The van der Waals surface area contributed by atoms with Crippen LogP contribution in [0.3, 0.4) is 0 Å². The van der Waals surface area contributed by atoms with Crippen LogP contribution in [0.5, 0.6) is 0 Å². The Balaban J connectivity index is 2.24. The van der Waals surface area contributed by atoms with Crippen LogP contribution >= 0.6 is 0 Å². The summed E-state index contributed by atoms with van der Waals surface area (Å²) in [5, 5.41) is 3.08. The van der Waals surface area contributed by atoms with Gasteiger partial charge in [0.25, 0.3) is 0 Å². The molecular weight excluding hydrogens is 291 g/mol. The highest BCUT2D eigenvalue weighted by Crippen LogP contribution is 2.23. The second kappa shape index (κ2) is 6.68. The third-order valence-electron chi connectivity index (χ3n) is 3.59. The van der Waals surface area contributed by atoms with E-state index in [4.69, 9.17) is 0 Å². The molecule has 1 aliphatic heterocycles. The number of rotatable bonds is 5. The molecular formula is C15H21FN2O2S. The minimum absolute atomic E-state index is 0.240. The van der Waals surface area contributed by atoms with Crippen LogP contribution in [0.4, 0.5) is 4.39 Å². The van der Waals surface area contributed by atoms with Gasteiger partial charge in [-0.3, -0.25) is 0 Å². The van der Waals surface area contributed by atoms with Gasteiger partial charge in [-0.15, -0.1) is 0 Å². The van der Waals surface area contributed by atoms with E-state index in [1.807, 2.05) is 19.9 Å². The van der Waals surface area contributed by atoms with Gasteiger partial charge in [0.05, 0.1) is 0 Å². The number of hydrogen-bond donors (Lipinski definition) is 1. The van der Waals surface area contributed by atoms with Crippen molar-refractivity contribution in [2.75, 3.05) is 19.6 Å². The zero-order chi connectivity index (χ0) is 15.5. The van der Waals surface area contributed by atoms with Gasteiger partial charge in [-0.1, -0.05) is 24.6 Å².